The van der Waals surface area contributed by atoms with Crippen LogP contribution in [0.1, 0.15) is 23.7 Å². The fourth-order valence-electron chi connectivity index (χ4n) is 2.65. The maximum Gasteiger partial charge on any atom is 0.253 e. The average molecular weight is 334 g/mol. The van der Waals surface area contributed by atoms with Crippen LogP contribution in [-0.2, 0) is 0 Å². The second-order valence-corrected chi connectivity index (χ2v) is 6.60. The van der Waals surface area contributed by atoms with Gasteiger partial charge in [-0.3, -0.25) is 4.79 Å². The van der Waals surface area contributed by atoms with Crippen LogP contribution < -0.4 is 0 Å². The third kappa shape index (κ3) is 2.58. The molecule has 1 heterocycles. The zero-order valence-electron chi connectivity index (χ0n) is 11.3. The summed E-state index contributed by atoms with van der Waals surface area (Å²) in [5.74, 6) is -0.00686. The summed E-state index contributed by atoms with van der Waals surface area (Å²) in [6.45, 7) is 2.80. The Kier molecular flexibility index (Phi) is 3.30. The second kappa shape index (κ2) is 4.86. The van der Waals surface area contributed by atoms with Crippen LogP contribution in [0.3, 0.4) is 0 Å². The Morgan fingerprint density at radius 3 is 2.65 bits per heavy atom. The van der Waals surface area contributed by atoms with Gasteiger partial charge in [-0.15, -0.1) is 0 Å². The highest BCUT2D eigenvalue weighted by atomic mass is 79.9. The molecule has 1 aliphatic heterocycles. The van der Waals surface area contributed by atoms with E-state index in [1.54, 1.807) is 11.8 Å². The maximum atomic E-state index is 12.5. The highest BCUT2D eigenvalue weighted by molar-refractivity contribution is 9.10. The lowest BCUT2D eigenvalue weighted by atomic mass is 10.1. The van der Waals surface area contributed by atoms with E-state index in [0.717, 1.165) is 15.2 Å². The highest BCUT2D eigenvalue weighted by Gasteiger charge is 2.34. The van der Waals surface area contributed by atoms with Gasteiger partial charge in [-0.2, -0.15) is 0 Å². The lowest BCUT2D eigenvalue weighted by Gasteiger charge is -2.19. The van der Waals surface area contributed by atoms with Crippen molar-refractivity contribution in [1.29, 1.82) is 0 Å². The second-order valence-electron chi connectivity index (χ2n) is 5.68. The Morgan fingerprint density at radius 2 is 1.95 bits per heavy atom. The Labute approximate surface area is 126 Å². The number of amides is 1. The van der Waals surface area contributed by atoms with Crippen molar-refractivity contribution >= 4 is 32.6 Å². The van der Waals surface area contributed by atoms with Crippen LogP contribution in [0.2, 0.25) is 0 Å². The van der Waals surface area contributed by atoms with Gasteiger partial charge in [0.05, 0.1) is 5.60 Å². The van der Waals surface area contributed by atoms with Crippen molar-refractivity contribution in [3.8, 4) is 0 Å². The number of β-amino-alcohol motifs (C(OH)–C–C–N with tert-alkyl or cyclic N) is 1. The number of halogens is 1. The molecule has 20 heavy (non-hydrogen) atoms. The van der Waals surface area contributed by atoms with E-state index in [9.17, 15) is 9.90 Å². The predicted molar refractivity (Wildman–Crippen MR) is 82.8 cm³/mol. The van der Waals surface area contributed by atoms with E-state index in [2.05, 4.69) is 15.9 Å². The monoisotopic (exact) mass is 333 g/mol. The molecule has 3 nitrogen and oxygen atoms in total. The summed E-state index contributed by atoms with van der Waals surface area (Å²) in [7, 11) is 0. The largest absolute Gasteiger partial charge is 0.388 e. The molecular weight excluding hydrogens is 318 g/mol. The van der Waals surface area contributed by atoms with E-state index < -0.39 is 5.60 Å². The van der Waals surface area contributed by atoms with Gasteiger partial charge in [0.1, 0.15) is 0 Å². The first-order valence-corrected chi connectivity index (χ1v) is 7.45. The van der Waals surface area contributed by atoms with Crippen molar-refractivity contribution in [2.45, 2.75) is 18.9 Å². The van der Waals surface area contributed by atoms with E-state index in [4.69, 9.17) is 0 Å². The standard InChI is InChI=1S/C16H16BrNO2/c1-16(20)6-7-18(10-16)15(19)13-3-2-12-9-14(17)5-4-11(12)8-13/h2-5,8-9,20H,6-7,10H2,1H3. The first-order valence-electron chi connectivity index (χ1n) is 6.66. The molecule has 1 unspecified atom stereocenters. The Bertz CT molecular complexity index is 681. The van der Waals surface area contributed by atoms with Crippen molar-refractivity contribution in [2.75, 3.05) is 13.1 Å². The number of aliphatic hydroxyl groups is 1. The van der Waals surface area contributed by atoms with Crippen LogP contribution in [0.4, 0.5) is 0 Å². The van der Waals surface area contributed by atoms with Gasteiger partial charge in [0.15, 0.2) is 0 Å². The fourth-order valence-corrected chi connectivity index (χ4v) is 3.03. The number of fused-ring (bicyclic) bond motifs is 1. The normalized spacial score (nSPS) is 22.4. The molecule has 2 aromatic rings. The number of hydrogen-bond donors (Lipinski definition) is 1. The molecule has 4 heteroatoms. The first-order chi connectivity index (χ1) is 9.44. The molecule has 0 bridgehead atoms. The Balaban J connectivity index is 1.90. The quantitative estimate of drug-likeness (QED) is 0.870. The van der Waals surface area contributed by atoms with Gasteiger partial charge in [-0.05, 0) is 48.4 Å². The summed E-state index contributed by atoms with van der Waals surface area (Å²) in [6.07, 6.45) is 0.638. The number of likely N-dealkylation sites (tertiary alicyclic amines) is 1. The molecule has 1 aliphatic rings. The third-order valence-corrected chi connectivity index (χ3v) is 4.28. The first kappa shape index (κ1) is 13.6. The van der Waals surface area contributed by atoms with Gasteiger partial charge in [0, 0.05) is 23.1 Å². The number of carbonyl (C=O) groups excluding carboxylic acids is 1. The van der Waals surface area contributed by atoms with Crippen molar-refractivity contribution < 1.29 is 9.90 Å². The zero-order chi connectivity index (χ0) is 14.3. The summed E-state index contributed by atoms with van der Waals surface area (Å²) >= 11 is 3.44. The van der Waals surface area contributed by atoms with E-state index >= 15 is 0 Å². The molecule has 1 amide bonds. The van der Waals surface area contributed by atoms with Gasteiger partial charge >= 0.3 is 0 Å². The maximum absolute atomic E-state index is 12.5. The number of rotatable bonds is 1. The average Bonchev–Trinajstić information content (AvgIpc) is 2.77. The van der Waals surface area contributed by atoms with Crippen molar-refractivity contribution in [2.24, 2.45) is 0 Å². The molecular formula is C16H16BrNO2. The third-order valence-electron chi connectivity index (χ3n) is 3.79. The minimum atomic E-state index is -0.753. The number of hydrogen-bond acceptors (Lipinski definition) is 2. The van der Waals surface area contributed by atoms with E-state index in [0.29, 0.717) is 25.1 Å². The van der Waals surface area contributed by atoms with Crippen LogP contribution in [0.15, 0.2) is 40.9 Å². The number of nitrogens with zero attached hydrogens (tertiary/aromatic N) is 1. The van der Waals surface area contributed by atoms with Crippen molar-refractivity contribution in [3.05, 3.63) is 46.4 Å². The van der Waals surface area contributed by atoms with Crippen LogP contribution in [0, 0.1) is 0 Å². The van der Waals surface area contributed by atoms with Crippen LogP contribution >= 0.6 is 15.9 Å². The molecule has 1 fully saturated rings. The Hall–Kier alpha value is -1.39. The molecule has 0 saturated carbocycles. The molecule has 1 N–H and O–H groups in total. The predicted octanol–water partition coefficient (Wildman–Crippen LogP) is 3.20. The summed E-state index contributed by atoms with van der Waals surface area (Å²) in [4.78, 5) is 14.2. The lowest BCUT2D eigenvalue weighted by molar-refractivity contribution is 0.0572. The van der Waals surface area contributed by atoms with E-state index in [1.165, 1.54) is 0 Å². The molecule has 1 saturated heterocycles. The minimum absolute atomic E-state index is 0.00686. The molecule has 0 aliphatic carbocycles. The SMILES string of the molecule is CC1(O)CCN(C(=O)c2ccc3cc(Br)ccc3c2)C1. The smallest absolute Gasteiger partial charge is 0.253 e. The topological polar surface area (TPSA) is 40.5 Å². The lowest BCUT2D eigenvalue weighted by Crippen LogP contribution is -2.33. The van der Waals surface area contributed by atoms with Crippen molar-refractivity contribution in [3.63, 3.8) is 0 Å². The van der Waals surface area contributed by atoms with Crippen LogP contribution in [0.25, 0.3) is 10.8 Å². The van der Waals surface area contributed by atoms with Crippen LogP contribution in [0.5, 0.6) is 0 Å². The van der Waals surface area contributed by atoms with E-state index in [-0.39, 0.29) is 5.91 Å². The van der Waals surface area contributed by atoms with Gasteiger partial charge in [-0.1, -0.05) is 28.1 Å². The molecule has 2 aromatic carbocycles. The fraction of sp³-hybridized carbons (Fsp3) is 0.312. The molecule has 0 spiro atoms. The van der Waals surface area contributed by atoms with Gasteiger partial charge in [-0.25, -0.2) is 0 Å². The van der Waals surface area contributed by atoms with E-state index in [1.807, 2.05) is 36.4 Å². The summed E-state index contributed by atoms with van der Waals surface area (Å²) in [5.41, 5.74) is -0.0743. The summed E-state index contributed by atoms with van der Waals surface area (Å²) in [5, 5.41) is 12.1. The number of carbonyl (C=O) groups is 1. The number of benzene rings is 2. The molecule has 104 valence electrons. The van der Waals surface area contributed by atoms with Gasteiger partial charge in [0.2, 0.25) is 0 Å². The summed E-state index contributed by atoms with van der Waals surface area (Å²) in [6, 6.07) is 11.7. The van der Waals surface area contributed by atoms with Gasteiger partial charge in [0.25, 0.3) is 5.91 Å². The minimum Gasteiger partial charge on any atom is -0.388 e. The van der Waals surface area contributed by atoms with Gasteiger partial charge < -0.3 is 10.0 Å². The zero-order valence-corrected chi connectivity index (χ0v) is 12.9. The molecule has 3 rings (SSSR count). The molecule has 0 aromatic heterocycles. The molecule has 0 radical (unpaired) electrons. The van der Waals surface area contributed by atoms with Crippen molar-refractivity contribution in [1.82, 2.24) is 4.90 Å². The summed E-state index contributed by atoms with van der Waals surface area (Å²) < 4.78 is 1.03. The van der Waals surface area contributed by atoms with Crippen LogP contribution in [-0.4, -0.2) is 34.6 Å². The Morgan fingerprint density at radius 1 is 1.25 bits per heavy atom. The molecule has 1 atom stereocenters. The highest BCUT2D eigenvalue weighted by Crippen LogP contribution is 2.25.